The first-order valence-electron chi connectivity index (χ1n) is 8.65. The fourth-order valence-corrected chi connectivity index (χ4v) is 2.96. The van der Waals surface area contributed by atoms with Gasteiger partial charge in [-0.3, -0.25) is 9.69 Å². The minimum Gasteiger partial charge on any atom is -0.369 e. The van der Waals surface area contributed by atoms with Crippen molar-refractivity contribution < 1.29 is 4.79 Å². The highest BCUT2D eigenvalue weighted by Gasteiger charge is 2.16. The highest BCUT2D eigenvalue weighted by molar-refractivity contribution is 5.78. The van der Waals surface area contributed by atoms with Crippen molar-refractivity contribution in [2.24, 2.45) is 5.92 Å². The Labute approximate surface area is 140 Å². The van der Waals surface area contributed by atoms with Gasteiger partial charge in [0.1, 0.15) is 0 Å². The summed E-state index contributed by atoms with van der Waals surface area (Å²) in [6, 6.07) is 10.6. The molecular formula is C18H30N4O. The van der Waals surface area contributed by atoms with E-state index in [9.17, 15) is 4.79 Å². The fourth-order valence-electron chi connectivity index (χ4n) is 2.96. The third-order valence-corrected chi connectivity index (χ3v) is 4.40. The van der Waals surface area contributed by atoms with Gasteiger partial charge in [-0.15, -0.1) is 0 Å². The molecule has 0 aliphatic carbocycles. The van der Waals surface area contributed by atoms with Crippen molar-refractivity contribution in [2.75, 3.05) is 57.8 Å². The lowest BCUT2D eigenvalue weighted by molar-refractivity contribution is -0.124. The van der Waals surface area contributed by atoms with Crippen molar-refractivity contribution in [1.82, 2.24) is 15.5 Å². The number of nitrogens with one attached hydrogen (secondary N) is 2. The highest BCUT2D eigenvalue weighted by Crippen LogP contribution is 2.15. The molecule has 1 unspecified atom stereocenters. The Morgan fingerprint density at radius 3 is 2.52 bits per heavy atom. The van der Waals surface area contributed by atoms with Gasteiger partial charge in [-0.1, -0.05) is 25.1 Å². The third-order valence-electron chi connectivity index (χ3n) is 4.40. The molecule has 23 heavy (non-hydrogen) atoms. The van der Waals surface area contributed by atoms with E-state index >= 15 is 0 Å². The molecule has 0 spiro atoms. The van der Waals surface area contributed by atoms with Gasteiger partial charge in [0.2, 0.25) is 5.91 Å². The van der Waals surface area contributed by atoms with Crippen LogP contribution in [0.25, 0.3) is 0 Å². The normalized spacial score (nSPS) is 17.0. The van der Waals surface area contributed by atoms with E-state index in [0.29, 0.717) is 0 Å². The first-order chi connectivity index (χ1) is 11.2. The molecule has 0 saturated carbocycles. The summed E-state index contributed by atoms with van der Waals surface area (Å²) < 4.78 is 0. The first-order valence-corrected chi connectivity index (χ1v) is 8.65. The second-order valence-corrected chi connectivity index (χ2v) is 6.27. The van der Waals surface area contributed by atoms with Crippen molar-refractivity contribution >= 4 is 11.6 Å². The van der Waals surface area contributed by atoms with Gasteiger partial charge < -0.3 is 15.5 Å². The molecule has 1 aliphatic rings. The molecule has 1 aliphatic heterocycles. The molecule has 0 radical (unpaired) electrons. The molecule has 1 aromatic rings. The Balaban J connectivity index is 1.59. The smallest absolute Gasteiger partial charge is 0.224 e. The van der Waals surface area contributed by atoms with Crippen molar-refractivity contribution in [1.29, 1.82) is 0 Å². The van der Waals surface area contributed by atoms with Gasteiger partial charge in [-0.25, -0.2) is 0 Å². The van der Waals surface area contributed by atoms with Gasteiger partial charge >= 0.3 is 0 Å². The maximum Gasteiger partial charge on any atom is 0.224 e. The number of carbonyl (C=O) groups excluding carboxylic acids is 1. The van der Waals surface area contributed by atoms with Crippen LogP contribution in [-0.4, -0.2) is 63.7 Å². The Morgan fingerprint density at radius 2 is 1.87 bits per heavy atom. The number of rotatable bonds is 8. The van der Waals surface area contributed by atoms with Crippen LogP contribution in [-0.2, 0) is 4.79 Å². The molecule has 1 fully saturated rings. The molecule has 128 valence electrons. The summed E-state index contributed by atoms with van der Waals surface area (Å²) >= 11 is 0. The number of piperazine rings is 1. The Bertz CT molecular complexity index is 457. The zero-order valence-corrected chi connectivity index (χ0v) is 14.4. The van der Waals surface area contributed by atoms with Crippen LogP contribution in [0.1, 0.15) is 13.3 Å². The van der Waals surface area contributed by atoms with Gasteiger partial charge in [0.15, 0.2) is 0 Å². The summed E-state index contributed by atoms with van der Waals surface area (Å²) in [6.07, 6.45) is 1.02. The molecule has 1 saturated heterocycles. The maximum absolute atomic E-state index is 11.8. The molecular weight excluding hydrogens is 288 g/mol. The van der Waals surface area contributed by atoms with E-state index in [2.05, 4.69) is 50.8 Å². The summed E-state index contributed by atoms with van der Waals surface area (Å²) in [5.41, 5.74) is 1.32. The van der Waals surface area contributed by atoms with E-state index in [-0.39, 0.29) is 11.8 Å². The number of anilines is 1. The number of carbonyl (C=O) groups is 1. The minimum atomic E-state index is 0.0365. The predicted octanol–water partition coefficient (Wildman–Crippen LogP) is 1.17. The summed E-state index contributed by atoms with van der Waals surface area (Å²) in [5, 5.41) is 6.06. The van der Waals surface area contributed by atoms with Gasteiger partial charge in [0.25, 0.3) is 0 Å². The number of para-hydroxylation sites is 1. The fraction of sp³-hybridized carbons (Fsp3) is 0.611. The lowest BCUT2D eigenvalue weighted by Crippen LogP contribution is -2.47. The van der Waals surface area contributed by atoms with E-state index < -0.39 is 0 Å². The number of hydrogen-bond donors (Lipinski definition) is 2. The topological polar surface area (TPSA) is 47.6 Å². The highest BCUT2D eigenvalue weighted by atomic mass is 16.1. The summed E-state index contributed by atoms with van der Waals surface area (Å²) in [4.78, 5) is 16.7. The van der Waals surface area contributed by atoms with Gasteiger partial charge in [-0.2, -0.15) is 0 Å². The average Bonchev–Trinajstić information content (AvgIpc) is 2.60. The minimum absolute atomic E-state index is 0.0365. The molecule has 1 atom stereocenters. The second kappa shape index (κ2) is 9.53. The van der Waals surface area contributed by atoms with Crippen LogP contribution in [0, 0.1) is 5.92 Å². The van der Waals surface area contributed by atoms with Crippen LogP contribution in [0.15, 0.2) is 30.3 Å². The summed E-state index contributed by atoms with van der Waals surface area (Å²) in [7, 11) is 1.87. The van der Waals surface area contributed by atoms with Crippen molar-refractivity contribution in [3.63, 3.8) is 0 Å². The SMILES string of the molecule is CNCC(C)C(=O)NCCCN1CCN(c2ccccc2)CC1. The Kier molecular flexibility index (Phi) is 7.36. The average molecular weight is 318 g/mol. The van der Waals surface area contributed by atoms with Crippen molar-refractivity contribution in [3.8, 4) is 0 Å². The van der Waals surface area contributed by atoms with E-state index in [1.807, 2.05) is 14.0 Å². The molecule has 1 amide bonds. The lowest BCUT2D eigenvalue weighted by Gasteiger charge is -2.36. The molecule has 1 aromatic carbocycles. The predicted molar refractivity (Wildman–Crippen MR) is 95.8 cm³/mol. The standard InChI is InChI=1S/C18H30N4O/c1-16(15-19-2)18(23)20-9-6-10-21-11-13-22(14-12-21)17-7-4-3-5-8-17/h3-5,7-8,16,19H,6,9-15H2,1-2H3,(H,20,23). The first kappa shape index (κ1) is 17.8. The number of nitrogens with zero attached hydrogens (tertiary/aromatic N) is 2. The molecule has 5 nitrogen and oxygen atoms in total. The van der Waals surface area contributed by atoms with Gasteiger partial charge in [-0.05, 0) is 32.1 Å². The van der Waals surface area contributed by atoms with Crippen LogP contribution in [0.3, 0.4) is 0 Å². The third kappa shape index (κ3) is 5.84. The number of benzene rings is 1. The molecule has 1 heterocycles. The van der Waals surface area contributed by atoms with E-state index in [1.165, 1.54) is 5.69 Å². The second-order valence-electron chi connectivity index (χ2n) is 6.27. The Hall–Kier alpha value is -1.59. The maximum atomic E-state index is 11.8. The zero-order valence-electron chi connectivity index (χ0n) is 14.4. The van der Waals surface area contributed by atoms with Gasteiger partial charge in [0.05, 0.1) is 0 Å². The quantitative estimate of drug-likeness (QED) is 0.707. The van der Waals surface area contributed by atoms with E-state index in [0.717, 1.165) is 52.2 Å². The summed E-state index contributed by atoms with van der Waals surface area (Å²) in [5.74, 6) is 0.183. The zero-order chi connectivity index (χ0) is 16.5. The van der Waals surface area contributed by atoms with E-state index in [1.54, 1.807) is 0 Å². The molecule has 0 bridgehead atoms. The van der Waals surface area contributed by atoms with Crippen LogP contribution in [0.2, 0.25) is 0 Å². The van der Waals surface area contributed by atoms with Crippen LogP contribution in [0.5, 0.6) is 0 Å². The molecule has 0 aromatic heterocycles. The van der Waals surface area contributed by atoms with Crippen molar-refractivity contribution in [2.45, 2.75) is 13.3 Å². The van der Waals surface area contributed by atoms with Gasteiger partial charge in [0, 0.05) is 50.9 Å². The van der Waals surface area contributed by atoms with Crippen molar-refractivity contribution in [3.05, 3.63) is 30.3 Å². The largest absolute Gasteiger partial charge is 0.369 e. The summed E-state index contributed by atoms with van der Waals surface area (Å²) in [6.45, 7) is 8.86. The number of hydrogen-bond acceptors (Lipinski definition) is 4. The monoisotopic (exact) mass is 318 g/mol. The molecule has 5 heteroatoms. The lowest BCUT2D eigenvalue weighted by atomic mass is 10.1. The van der Waals surface area contributed by atoms with E-state index in [4.69, 9.17) is 0 Å². The van der Waals surface area contributed by atoms with Crippen LogP contribution < -0.4 is 15.5 Å². The van der Waals surface area contributed by atoms with Crippen LogP contribution in [0.4, 0.5) is 5.69 Å². The molecule has 2 N–H and O–H groups in total. The van der Waals surface area contributed by atoms with Crippen LogP contribution >= 0.6 is 0 Å². The number of amides is 1. The molecule has 2 rings (SSSR count). The Morgan fingerprint density at radius 1 is 1.17 bits per heavy atom.